The van der Waals surface area contributed by atoms with Crippen molar-refractivity contribution in [1.29, 1.82) is 0 Å². The van der Waals surface area contributed by atoms with E-state index in [1.165, 1.54) is 19.8 Å². The van der Waals surface area contributed by atoms with Crippen LogP contribution in [0.2, 0.25) is 0 Å². The van der Waals surface area contributed by atoms with Gasteiger partial charge < -0.3 is 5.32 Å². The Morgan fingerprint density at radius 2 is 2.24 bits per heavy atom. The van der Waals surface area contributed by atoms with Gasteiger partial charge in [-0.1, -0.05) is 6.07 Å². The van der Waals surface area contributed by atoms with E-state index in [0.717, 1.165) is 12.0 Å². The molecule has 0 saturated carbocycles. The van der Waals surface area contributed by atoms with Gasteiger partial charge in [0.05, 0.1) is 5.56 Å². The number of Topliss-reactive ketones (excluding diaryl/α,β-unsaturated/α-hetero) is 1. The first-order valence-corrected chi connectivity index (χ1v) is 6.21. The van der Waals surface area contributed by atoms with E-state index >= 15 is 0 Å². The Hall–Kier alpha value is -1.22. The molecular weight excluding hydrogens is 217 g/mol. The van der Waals surface area contributed by atoms with Crippen LogP contribution in [0.1, 0.15) is 48.0 Å². The fraction of sp³-hybridized carbons (Fsp3) is 0.500. The summed E-state index contributed by atoms with van der Waals surface area (Å²) in [6.45, 7) is 1.40. The summed E-state index contributed by atoms with van der Waals surface area (Å²) in [4.78, 5) is 11.2. The normalized spacial score (nSPS) is 30.8. The van der Waals surface area contributed by atoms with E-state index in [2.05, 4.69) is 5.32 Å². The molecule has 2 aliphatic rings. The van der Waals surface area contributed by atoms with Gasteiger partial charge in [-0.3, -0.25) is 4.79 Å². The molecule has 2 saturated heterocycles. The highest BCUT2D eigenvalue weighted by molar-refractivity contribution is 5.94. The van der Waals surface area contributed by atoms with Crippen molar-refractivity contribution < 1.29 is 9.18 Å². The van der Waals surface area contributed by atoms with Gasteiger partial charge in [0, 0.05) is 18.0 Å². The Morgan fingerprint density at radius 3 is 2.76 bits per heavy atom. The molecule has 2 nitrogen and oxygen atoms in total. The largest absolute Gasteiger partial charge is 0.311 e. The molecule has 1 aromatic rings. The molecule has 0 aliphatic carbocycles. The molecule has 3 rings (SSSR count). The summed E-state index contributed by atoms with van der Waals surface area (Å²) < 4.78 is 13.8. The van der Waals surface area contributed by atoms with E-state index in [4.69, 9.17) is 0 Å². The van der Waals surface area contributed by atoms with Crippen LogP contribution in [0.4, 0.5) is 4.39 Å². The Balaban J connectivity index is 1.89. The highest BCUT2D eigenvalue weighted by atomic mass is 19.1. The lowest BCUT2D eigenvalue weighted by atomic mass is 9.83. The summed E-state index contributed by atoms with van der Waals surface area (Å²) in [6.07, 6.45) is 3.53. The quantitative estimate of drug-likeness (QED) is 0.796. The van der Waals surface area contributed by atoms with E-state index in [0.29, 0.717) is 18.0 Å². The molecule has 2 heterocycles. The zero-order valence-corrected chi connectivity index (χ0v) is 9.87. The van der Waals surface area contributed by atoms with E-state index < -0.39 is 0 Å². The number of hydrogen-bond acceptors (Lipinski definition) is 2. The van der Waals surface area contributed by atoms with Crippen molar-refractivity contribution in [2.45, 2.75) is 44.2 Å². The number of hydrogen-bond donors (Lipinski definition) is 1. The lowest BCUT2D eigenvalue weighted by Gasteiger charge is -2.20. The van der Waals surface area contributed by atoms with Crippen molar-refractivity contribution in [3.05, 3.63) is 35.1 Å². The number of carbonyl (C=O) groups excluding carboxylic acids is 1. The molecule has 2 bridgehead atoms. The summed E-state index contributed by atoms with van der Waals surface area (Å²) in [5.74, 6) is -0.165. The third kappa shape index (κ3) is 1.78. The maximum absolute atomic E-state index is 13.8. The second-order valence-corrected chi connectivity index (χ2v) is 5.19. The monoisotopic (exact) mass is 233 g/mol. The van der Waals surface area contributed by atoms with E-state index in [1.807, 2.05) is 6.07 Å². The second kappa shape index (κ2) is 3.91. The smallest absolute Gasteiger partial charge is 0.162 e. The molecule has 2 aliphatic heterocycles. The Bertz CT molecular complexity index is 471. The predicted molar refractivity (Wildman–Crippen MR) is 63.7 cm³/mol. The van der Waals surface area contributed by atoms with Crippen LogP contribution in [-0.2, 0) is 0 Å². The highest BCUT2D eigenvalue weighted by Gasteiger charge is 2.39. The van der Waals surface area contributed by atoms with Crippen molar-refractivity contribution in [2.24, 2.45) is 0 Å². The molecule has 0 aromatic heterocycles. The fourth-order valence-corrected chi connectivity index (χ4v) is 3.24. The number of fused-ring (bicyclic) bond motifs is 2. The zero-order chi connectivity index (χ0) is 12.0. The number of carbonyl (C=O) groups is 1. The molecule has 3 atom stereocenters. The molecule has 0 spiro atoms. The molecule has 0 radical (unpaired) electrons. The van der Waals surface area contributed by atoms with Crippen molar-refractivity contribution in [1.82, 2.24) is 5.32 Å². The molecular formula is C14H16FNO. The SMILES string of the molecule is CC(=O)c1ccc(C2CC3CCC2N3)cc1F. The average Bonchev–Trinajstić information content (AvgIpc) is 2.89. The molecule has 3 unspecified atom stereocenters. The minimum Gasteiger partial charge on any atom is -0.311 e. The molecule has 0 amide bonds. The van der Waals surface area contributed by atoms with E-state index in [9.17, 15) is 9.18 Å². The van der Waals surface area contributed by atoms with Gasteiger partial charge in [0.15, 0.2) is 5.78 Å². The van der Waals surface area contributed by atoms with Gasteiger partial charge in [0.2, 0.25) is 0 Å². The Labute approximate surface area is 100 Å². The molecule has 90 valence electrons. The first kappa shape index (κ1) is 10.9. The first-order chi connectivity index (χ1) is 8.15. The van der Waals surface area contributed by atoms with Crippen LogP contribution in [0.25, 0.3) is 0 Å². The van der Waals surface area contributed by atoms with Gasteiger partial charge >= 0.3 is 0 Å². The minimum absolute atomic E-state index is 0.199. The summed E-state index contributed by atoms with van der Waals surface area (Å²) in [5, 5.41) is 3.54. The standard InChI is InChI=1S/C14H16FNO/c1-8(17)11-4-2-9(6-13(11)15)12-7-10-3-5-14(12)16-10/h2,4,6,10,12,14,16H,3,5,7H2,1H3. The van der Waals surface area contributed by atoms with Crippen LogP contribution in [0.5, 0.6) is 0 Å². The van der Waals surface area contributed by atoms with Crippen LogP contribution in [0, 0.1) is 5.82 Å². The number of ketones is 1. The molecule has 17 heavy (non-hydrogen) atoms. The Morgan fingerprint density at radius 1 is 1.41 bits per heavy atom. The summed E-state index contributed by atoms with van der Waals surface area (Å²) in [7, 11) is 0. The van der Waals surface area contributed by atoms with Gasteiger partial charge in [0.1, 0.15) is 5.82 Å². The summed E-state index contributed by atoms with van der Waals surface area (Å²) in [6, 6.07) is 6.19. The molecule has 3 heteroatoms. The summed E-state index contributed by atoms with van der Waals surface area (Å²) >= 11 is 0. The third-order valence-electron chi connectivity index (χ3n) is 4.10. The molecule has 2 fully saturated rings. The lowest BCUT2D eigenvalue weighted by Crippen LogP contribution is -2.21. The van der Waals surface area contributed by atoms with Crippen LogP contribution in [-0.4, -0.2) is 17.9 Å². The predicted octanol–water partition coefficient (Wildman–Crippen LogP) is 2.64. The van der Waals surface area contributed by atoms with Crippen LogP contribution in [0.3, 0.4) is 0 Å². The first-order valence-electron chi connectivity index (χ1n) is 6.21. The van der Waals surface area contributed by atoms with Gasteiger partial charge in [-0.15, -0.1) is 0 Å². The minimum atomic E-state index is -0.377. The average molecular weight is 233 g/mol. The van der Waals surface area contributed by atoms with E-state index in [1.54, 1.807) is 12.1 Å². The number of rotatable bonds is 2. The maximum atomic E-state index is 13.8. The van der Waals surface area contributed by atoms with Crippen LogP contribution >= 0.6 is 0 Å². The number of benzene rings is 1. The summed E-state index contributed by atoms with van der Waals surface area (Å²) in [5.41, 5.74) is 1.23. The number of nitrogens with one attached hydrogen (secondary N) is 1. The molecule has 1 N–H and O–H groups in total. The number of halogens is 1. The Kier molecular flexibility index (Phi) is 2.51. The van der Waals surface area contributed by atoms with Gasteiger partial charge in [-0.2, -0.15) is 0 Å². The third-order valence-corrected chi connectivity index (χ3v) is 4.10. The van der Waals surface area contributed by atoms with E-state index in [-0.39, 0.29) is 17.2 Å². The highest BCUT2D eigenvalue weighted by Crippen LogP contribution is 2.40. The lowest BCUT2D eigenvalue weighted by molar-refractivity contribution is 0.101. The fourth-order valence-electron chi connectivity index (χ4n) is 3.24. The molecule has 1 aromatic carbocycles. The maximum Gasteiger partial charge on any atom is 0.162 e. The van der Waals surface area contributed by atoms with Gasteiger partial charge in [0.25, 0.3) is 0 Å². The van der Waals surface area contributed by atoms with Gasteiger partial charge in [-0.05, 0) is 43.9 Å². The van der Waals surface area contributed by atoms with Crippen molar-refractivity contribution in [2.75, 3.05) is 0 Å². The topological polar surface area (TPSA) is 29.1 Å². The van der Waals surface area contributed by atoms with Crippen molar-refractivity contribution in [3.63, 3.8) is 0 Å². The van der Waals surface area contributed by atoms with Gasteiger partial charge in [-0.25, -0.2) is 4.39 Å². The van der Waals surface area contributed by atoms with Crippen molar-refractivity contribution in [3.8, 4) is 0 Å². The van der Waals surface area contributed by atoms with Crippen LogP contribution < -0.4 is 5.32 Å². The van der Waals surface area contributed by atoms with Crippen LogP contribution in [0.15, 0.2) is 18.2 Å². The second-order valence-electron chi connectivity index (χ2n) is 5.19. The zero-order valence-electron chi connectivity index (χ0n) is 9.87. The van der Waals surface area contributed by atoms with Crippen molar-refractivity contribution >= 4 is 5.78 Å².